The highest BCUT2D eigenvalue weighted by Gasteiger charge is 2.24. The third-order valence-corrected chi connectivity index (χ3v) is 4.57. The number of rotatable bonds is 3. The Bertz CT molecular complexity index is 894. The molecule has 110 valence electrons. The first-order valence-electron chi connectivity index (χ1n) is 6.57. The lowest BCUT2D eigenvalue weighted by molar-refractivity contribution is 0.794. The number of hydrogen-bond donors (Lipinski definition) is 1. The van der Waals surface area contributed by atoms with Gasteiger partial charge in [0.15, 0.2) is 4.77 Å². The van der Waals surface area contributed by atoms with Crippen LogP contribution in [0.5, 0.6) is 0 Å². The summed E-state index contributed by atoms with van der Waals surface area (Å²) in [5, 5.41) is 2.69. The number of hydrogen-bond acceptors (Lipinski definition) is 4. The van der Waals surface area contributed by atoms with Crippen molar-refractivity contribution in [1.82, 2.24) is 14.5 Å². The highest BCUT2D eigenvalue weighted by Crippen LogP contribution is 2.36. The second-order valence-corrected chi connectivity index (χ2v) is 6.03. The van der Waals surface area contributed by atoms with Gasteiger partial charge in [-0.3, -0.25) is 14.3 Å². The van der Waals surface area contributed by atoms with Gasteiger partial charge < -0.3 is 4.98 Å². The Morgan fingerprint density at radius 1 is 1.55 bits per heavy atom. The minimum Gasteiger partial charge on any atom is -0.326 e. The van der Waals surface area contributed by atoms with Crippen LogP contribution in [-0.2, 0) is 0 Å². The molecule has 0 aromatic carbocycles. The van der Waals surface area contributed by atoms with E-state index in [-0.39, 0.29) is 11.5 Å². The topological polar surface area (TPSA) is 50.7 Å². The molecule has 1 aliphatic heterocycles. The van der Waals surface area contributed by atoms with E-state index in [1.807, 2.05) is 11.5 Å². The number of thioether (sulfide) groups is 1. The fourth-order valence-electron chi connectivity index (χ4n) is 2.34. The highest BCUT2D eigenvalue weighted by atomic mass is 32.2. The van der Waals surface area contributed by atoms with E-state index in [2.05, 4.69) is 23.1 Å². The van der Waals surface area contributed by atoms with Crippen LogP contribution in [0.2, 0.25) is 0 Å². The molecule has 3 rings (SSSR count). The lowest BCUT2D eigenvalue weighted by atomic mass is 9.94. The minimum atomic E-state index is -0.198. The zero-order valence-corrected chi connectivity index (χ0v) is 13.3. The standard InChI is InChI=1S/C16H13N3OS2/c1-3-10(2)12-6-8-22-14-13(12)15(20)19(16(21)18-14)11-5-4-7-17-9-11/h3-9,12H,1-2H2,(H,18,21). The summed E-state index contributed by atoms with van der Waals surface area (Å²) in [6, 6.07) is 3.57. The summed E-state index contributed by atoms with van der Waals surface area (Å²) in [6.45, 7) is 7.73. The largest absolute Gasteiger partial charge is 0.326 e. The van der Waals surface area contributed by atoms with Gasteiger partial charge in [-0.25, -0.2) is 0 Å². The summed E-state index contributed by atoms with van der Waals surface area (Å²) in [4.78, 5) is 20.2. The Morgan fingerprint density at radius 2 is 2.36 bits per heavy atom. The van der Waals surface area contributed by atoms with E-state index in [0.29, 0.717) is 16.0 Å². The van der Waals surface area contributed by atoms with Gasteiger partial charge in [0.1, 0.15) is 0 Å². The number of nitrogens with one attached hydrogen (secondary N) is 1. The van der Waals surface area contributed by atoms with Crippen molar-refractivity contribution in [3.05, 3.63) is 81.5 Å². The van der Waals surface area contributed by atoms with Gasteiger partial charge in [-0.2, -0.15) is 0 Å². The first kappa shape index (κ1) is 14.7. The van der Waals surface area contributed by atoms with Crippen LogP contribution in [0.15, 0.2) is 70.6 Å². The number of H-pyrrole nitrogens is 1. The van der Waals surface area contributed by atoms with Gasteiger partial charge in [0.05, 0.1) is 22.5 Å². The minimum absolute atomic E-state index is 0.156. The van der Waals surface area contributed by atoms with Crippen molar-refractivity contribution in [2.45, 2.75) is 10.9 Å². The molecule has 0 radical (unpaired) electrons. The molecule has 1 unspecified atom stereocenters. The van der Waals surface area contributed by atoms with Crippen molar-refractivity contribution in [3.8, 4) is 5.69 Å². The maximum absolute atomic E-state index is 13.0. The number of nitrogens with zero attached hydrogens (tertiary/aromatic N) is 2. The normalized spacial score (nSPS) is 16.1. The molecule has 0 amide bonds. The van der Waals surface area contributed by atoms with Gasteiger partial charge in [-0.05, 0) is 35.3 Å². The van der Waals surface area contributed by atoms with Crippen LogP contribution in [0.1, 0.15) is 11.5 Å². The Hall–Kier alpha value is -2.18. The molecule has 3 heterocycles. The maximum Gasteiger partial charge on any atom is 0.264 e. The molecule has 1 N–H and O–H groups in total. The lowest BCUT2D eigenvalue weighted by Gasteiger charge is -2.21. The quantitative estimate of drug-likeness (QED) is 0.530. The Kier molecular flexibility index (Phi) is 3.96. The monoisotopic (exact) mass is 327 g/mol. The molecule has 1 atom stereocenters. The fraction of sp³-hybridized carbons (Fsp3) is 0.0625. The average Bonchev–Trinajstić information content (AvgIpc) is 2.54. The van der Waals surface area contributed by atoms with E-state index in [9.17, 15) is 4.79 Å². The first-order chi connectivity index (χ1) is 10.6. The average molecular weight is 327 g/mol. The van der Waals surface area contributed by atoms with Gasteiger partial charge in [-0.15, -0.1) is 0 Å². The first-order valence-corrected chi connectivity index (χ1v) is 7.86. The number of pyridine rings is 1. The molecule has 0 saturated heterocycles. The Morgan fingerprint density at radius 3 is 3.05 bits per heavy atom. The van der Waals surface area contributed by atoms with Gasteiger partial charge in [-0.1, -0.05) is 37.1 Å². The van der Waals surface area contributed by atoms with Crippen LogP contribution in [0.25, 0.3) is 5.69 Å². The maximum atomic E-state index is 13.0. The van der Waals surface area contributed by atoms with E-state index >= 15 is 0 Å². The smallest absolute Gasteiger partial charge is 0.264 e. The van der Waals surface area contributed by atoms with Crippen LogP contribution in [0.3, 0.4) is 0 Å². The van der Waals surface area contributed by atoms with Crippen molar-refractivity contribution >= 4 is 24.0 Å². The fourth-order valence-corrected chi connectivity index (χ4v) is 3.56. The Labute approximate surface area is 136 Å². The van der Waals surface area contributed by atoms with Gasteiger partial charge >= 0.3 is 0 Å². The second kappa shape index (κ2) is 5.90. The molecule has 6 heteroatoms. The third-order valence-electron chi connectivity index (χ3n) is 3.44. The summed E-state index contributed by atoms with van der Waals surface area (Å²) in [5.41, 5.74) is 1.89. The number of fused-ring (bicyclic) bond motifs is 1. The predicted octanol–water partition coefficient (Wildman–Crippen LogP) is 3.74. The van der Waals surface area contributed by atoms with E-state index in [1.165, 1.54) is 16.3 Å². The van der Waals surface area contributed by atoms with Crippen LogP contribution in [-0.4, -0.2) is 14.5 Å². The van der Waals surface area contributed by atoms with E-state index in [1.54, 1.807) is 30.6 Å². The molecule has 2 aromatic rings. The van der Waals surface area contributed by atoms with E-state index in [4.69, 9.17) is 12.2 Å². The van der Waals surface area contributed by atoms with Gasteiger partial charge in [0.2, 0.25) is 0 Å². The van der Waals surface area contributed by atoms with Crippen LogP contribution in [0.4, 0.5) is 0 Å². The molecule has 0 saturated carbocycles. The molecular formula is C16H13N3OS2. The van der Waals surface area contributed by atoms with Crippen molar-refractivity contribution < 1.29 is 0 Å². The highest BCUT2D eigenvalue weighted by molar-refractivity contribution is 8.02. The molecular weight excluding hydrogens is 314 g/mol. The molecule has 4 nitrogen and oxygen atoms in total. The SMILES string of the molecule is C=CC(=C)C1C=CSc2[nH]c(=S)n(-c3cccnc3)c(=O)c21. The van der Waals surface area contributed by atoms with Gasteiger partial charge in [0, 0.05) is 12.1 Å². The third kappa shape index (κ3) is 2.40. The molecule has 0 aliphatic carbocycles. The number of allylic oxidation sites excluding steroid dienone is 3. The molecule has 0 spiro atoms. The van der Waals surface area contributed by atoms with Crippen molar-refractivity contribution in [1.29, 1.82) is 0 Å². The summed E-state index contributed by atoms with van der Waals surface area (Å²) in [5.74, 6) is -0.198. The predicted molar refractivity (Wildman–Crippen MR) is 92.1 cm³/mol. The van der Waals surface area contributed by atoms with Crippen molar-refractivity contribution in [2.75, 3.05) is 0 Å². The Balaban J connectivity index is 2.30. The van der Waals surface area contributed by atoms with Crippen molar-refractivity contribution in [3.63, 3.8) is 0 Å². The zero-order valence-electron chi connectivity index (χ0n) is 11.7. The number of aromatic amines is 1. The van der Waals surface area contributed by atoms with Crippen LogP contribution in [0, 0.1) is 4.77 Å². The molecule has 1 aliphatic rings. The number of aromatic nitrogens is 3. The molecule has 22 heavy (non-hydrogen) atoms. The molecule has 2 aromatic heterocycles. The molecule has 0 fully saturated rings. The van der Waals surface area contributed by atoms with E-state index in [0.717, 1.165) is 10.6 Å². The second-order valence-electron chi connectivity index (χ2n) is 4.73. The summed E-state index contributed by atoms with van der Waals surface area (Å²) in [7, 11) is 0. The summed E-state index contributed by atoms with van der Waals surface area (Å²) >= 11 is 6.78. The van der Waals surface area contributed by atoms with Crippen LogP contribution < -0.4 is 5.56 Å². The van der Waals surface area contributed by atoms with Crippen LogP contribution >= 0.6 is 24.0 Å². The van der Waals surface area contributed by atoms with Gasteiger partial charge in [0.25, 0.3) is 5.56 Å². The summed E-state index contributed by atoms with van der Waals surface area (Å²) < 4.78 is 1.81. The zero-order chi connectivity index (χ0) is 15.7. The molecule has 0 bridgehead atoms. The summed E-state index contributed by atoms with van der Waals surface area (Å²) in [6.07, 6.45) is 6.88. The lowest BCUT2D eigenvalue weighted by Crippen LogP contribution is -2.28. The van der Waals surface area contributed by atoms with Crippen molar-refractivity contribution in [2.24, 2.45) is 0 Å². The van der Waals surface area contributed by atoms with E-state index < -0.39 is 0 Å².